The fraction of sp³-hybridized carbons (Fsp3) is 0.417. The summed E-state index contributed by atoms with van der Waals surface area (Å²) in [5, 5.41) is 13.5. The SMILES string of the molecule is O=C(CNCC(O)C(F)(F)F)NCc1ccccc1. The van der Waals surface area contributed by atoms with Gasteiger partial charge in [0.1, 0.15) is 0 Å². The van der Waals surface area contributed by atoms with Gasteiger partial charge in [0.15, 0.2) is 6.10 Å². The van der Waals surface area contributed by atoms with Crippen molar-refractivity contribution < 1.29 is 23.1 Å². The number of halogens is 3. The molecule has 0 radical (unpaired) electrons. The molecule has 0 spiro atoms. The van der Waals surface area contributed by atoms with Crippen molar-refractivity contribution in [3.05, 3.63) is 35.9 Å². The fourth-order valence-electron chi connectivity index (χ4n) is 1.30. The number of aliphatic hydroxyl groups is 1. The van der Waals surface area contributed by atoms with E-state index >= 15 is 0 Å². The van der Waals surface area contributed by atoms with Crippen LogP contribution in [0.5, 0.6) is 0 Å². The lowest BCUT2D eigenvalue weighted by molar-refractivity contribution is -0.201. The third-order valence-corrected chi connectivity index (χ3v) is 2.33. The van der Waals surface area contributed by atoms with E-state index in [2.05, 4.69) is 10.6 Å². The Morgan fingerprint density at radius 3 is 2.47 bits per heavy atom. The lowest BCUT2D eigenvalue weighted by Crippen LogP contribution is -2.42. The van der Waals surface area contributed by atoms with Crippen LogP contribution in [0.3, 0.4) is 0 Å². The zero-order valence-corrected chi connectivity index (χ0v) is 10.1. The highest BCUT2D eigenvalue weighted by Gasteiger charge is 2.37. The molecule has 1 aromatic carbocycles. The van der Waals surface area contributed by atoms with Crippen LogP contribution in [0.2, 0.25) is 0 Å². The van der Waals surface area contributed by atoms with Crippen molar-refractivity contribution >= 4 is 5.91 Å². The van der Waals surface area contributed by atoms with E-state index in [4.69, 9.17) is 5.11 Å². The van der Waals surface area contributed by atoms with Gasteiger partial charge in [-0.15, -0.1) is 0 Å². The molecule has 0 heterocycles. The molecule has 4 nitrogen and oxygen atoms in total. The number of benzene rings is 1. The van der Waals surface area contributed by atoms with Gasteiger partial charge >= 0.3 is 6.18 Å². The molecule has 0 fully saturated rings. The predicted octanol–water partition coefficient (Wildman–Crippen LogP) is 0.816. The zero-order valence-electron chi connectivity index (χ0n) is 10.1. The molecule has 0 bridgehead atoms. The van der Waals surface area contributed by atoms with Crippen molar-refractivity contribution in [2.24, 2.45) is 0 Å². The summed E-state index contributed by atoms with van der Waals surface area (Å²) in [6, 6.07) is 9.12. The Labute approximate surface area is 108 Å². The standard InChI is InChI=1S/C12H15F3N2O2/c13-12(14,15)10(18)7-16-8-11(19)17-6-9-4-2-1-3-5-9/h1-5,10,16,18H,6-8H2,(H,17,19). The minimum absolute atomic E-state index is 0.278. The molecule has 0 saturated heterocycles. The smallest absolute Gasteiger partial charge is 0.382 e. The van der Waals surface area contributed by atoms with E-state index in [1.54, 1.807) is 0 Å². The Hall–Kier alpha value is -1.60. The van der Waals surface area contributed by atoms with Crippen LogP contribution in [-0.4, -0.2) is 36.4 Å². The number of aliphatic hydroxyl groups excluding tert-OH is 1. The topological polar surface area (TPSA) is 61.4 Å². The second-order valence-electron chi connectivity index (χ2n) is 3.95. The molecule has 19 heavy (non-hydrogen) atoms. The van der Waals surface area contributed by atoms with Crippen LogP contribution in [0, 0.1) is 0 Å². The molecule has 0 aliphatic heterocycles. The van der Waals surface area contributed by atoms with Gasteiger partial charge in [0.25, 0.3) is 0 Å². The van der Waals surface area contributed by atoms with Crippen LogP contribution in [0.15, 0.2) is 30.3 Å². The first-order valence-corrected chi connectivity index (χ1v) is 5.65. The molecule has 0 aliphatic rings. The van der Waals surface area contributed by atoms with Gasteiger partial charge in [0, 0.05) is 13.1 Å². The highest BCUT2D eigenvalue weighted by molar-refractivity contribution is 5.77. The Kier molecular flexibility index (Phi) is 5.78. The minimum atomic E-state index is -4.67. The van der Waals surface area contributed by atoms with E-state index in [-0.39, 0.29) is 6.54 Å². The molecule has 1 rings (SSSR count). The number of amides is 1. The van der Waals surface area contributed by atoms with Crippen LogP contribution in [0.25, 0.3) is 0 Å². The van der Waals surface area contributed by atoms with Gasteiger partial charge in [-0.3, -0.25) is 4.79 Å². The van der Waals surface area contributed by atoms with Gasteiger partial charge in [0.2, 0.25) is 5.91 Å². The Balaban J connectivity index is 2.19. The zero-order chi connectivity index (χ0) is 14.3. The van der Waals surface area contributed by atoms with Crippen molar-refractivity contribution in [2.75, 3.05) is 13.1 Å². The number of carbonyl (C=O) groups excluding carboxylic acids is 1. The summed E-state index contributed by atoms with van der Waals surface area (Å²) in [5.41, 5.74) is 0.895. The number of alkyl halides is 3. The maximum atomic E-state index is 12.0. The molecule has 0 aromatic heterocycles. The molecular weight excluding hydrogens is 261 g/mol. The summed E-state index contributed by atoms with van der Waals surface area (Å²) in [7, 11) is 0. The lowest BCUT2D eigenvalue weighted by atomic mass is 10.2. The number of rotatable bonds is 6. The second-order valence-corrected chi connectivity index (χ2v) is 3.95. The Bertz CT molecular complexity index is 396. The van der Waals surface area contributed by atoms with Crippen LogP contribution in [-0.2, 0) is 11.3 Å². The Morgan fingerprint density at radius 1 is 1.26 bits per heavy atom. The molecule has 0 aliphatic carbocycles. The van der Waals surface area contributed by atoms with E-state index < -0.39 is 24.7 Å². The molecule has 7 heteroatoms. The quantitative estimate of drug-likeness (QED) is 0.721. The van der Waals surface area contributed by atoms with E-state index in [1.807, 2.05) is 30.3 Å². The molecule has 1 aromatic rings. The fourth-order valence-corrected chi connectivity index (χ4v) is 1.30. The number of hydrogen-bond donors (Lipinski definition) is 3. The first kappa shape index (κ1) is 15.5. The molecule has 3 N–H and O–H groups in total. The van der Waals surface area contributed by atoms with Gasteiger partial charge in [-0.25, -0.2) is 0 Å². The van der Waals surface area contributed by atoms with Crippen LogP contribution in [0.4, 0.5) is 13.2 Å². The van der Waals surface area contributed by atoms with Gasteiger partial charge < -0.3 is 15.7 Å². The summed E-state index contributed by atoms with van der Waals surface area (Å²) in [4.78, 5) is 11.3. The highest BCUT2D eigenvalue weighted by Crippen LogP contribution is 2.18. The van der Waals surface area contributed by atoms with E-state index in [9.17, 15) is 18.0 Å². The minimum Gasteiger partial charge on any atom is -0.382 e. The number of nitrogens with one attached hydrogen (secondary N) is 2. The maximum Gasteiger partial charge on any atom is 0.415 e. The molecule has 1 amide bonds. The number of hydrogen-bond acceptors (Lipinski definition) is 3. The molecular formula is C12H15F3N2O2. The van der Waals surface area contributed by atoms with E-state index in [1.165, 1.54) is 0 Å². The Morgan fingerprint density at radius 2 is 1.89 bits per heavy atom. The van der Waals surface area contributed by atoms with Gasteiger partial charge in [-0.1, -0.05) is 30.3 Å². The van der Waals surface area contributed by atoms with Crippen molar-refractivity contribution in [3.63, 3.8) is 0 Å². The summed E-state index contributed by atoms with van der Waals surface area (Å²) < 4.78 is 35.9. The third kappa shape index (κ3) is 6.21. The molecule has 106 valence electrons. The first-order valence-electron chi connectivity index (χ1n) is 5.65. The van der Waals surface area contributed by atoms with Crippen LogP contribution >= 0.6 is 0 Å². The lowest BCUT2D eigenvalue weighted by Gasteiger charge is -2.14. The summed E-state index contributed by atoms with van der Waals surface area (Å²) >= 11 is 0. The summed E-state index contributed by atoms with van der Waals surface area (Å²) in [6.45, 7) is -0.675. The normalized spacial score (nSPS) is 13.1. The van der Waals surface area contributed by atoms with Crippen molar-refractivity contribution in [1.82, 2.24) is 10.6 Å². The first-order chi connectivity index (χ1) is 8.89. The van der Waals surface area contributed by atoms with E-state index in [0.717, 1.165) is 5.56 Å². The highest BCUT2D eigenvalue weighted by atomic mass is 19.4. The molecule has 0 saturated carbocycles. The maximum absolute atomic E-state index is 12.0. The third-order valence-electron chi connectivity index (χ3n) is 2.33. The van der Waals surface area contributed by atoms with Crippen molar-refractivity contribution in [2.45, 2.75) is 18.8 Å². The van der Waals surface area contributed by atoms with Crippen LogP contribution < -0.4 is 10.6 Å². The average Bonchev–Trinajstić information content (AvgIpc) is 2.36. The van der Waals surface area contributed by atoms with E-state index in [0.29, 0.717) is 6.54 Å². The monoisotopic (exact) mass is 276 g/mol. The predicted molar refractivity (Wildman–Crippen MR) is 63.2 cm³/mol. The van der Waals surface area contributed by atoms with Gasteiger partial charge in [0.05, 0.1) is 6.54 Å². The van der Waals surface area contributed by atoms with Gasteiger partial charge in [-0.05, 0) is 5.56 Å². The van der Waals surface area contributed by atoms with Crippen LogP contribution in [0.1, 0.15) is 5.56 Å². The average molecular weight is 276 g/mol. The molecule has 1 unspecified atom stereocenters. The van der Waals surface area contributed by atoms with Crippen molar-refractivity contribution in [1.29, 1.82) is 0 Å². The van der Waals surface area contributed by atoms with Crippen molar-refractivity contribution in [3.8, 4) is 0 Å². The largest absolute Gasteiger partial charge is 0.415 e. The molecule has 1 atom stereocenters. The summed E-state index contributed by atoms with van der Waals surface area (Å²) in [5.74, 6) is -0.432. The summed E-state index contributed by atoms with van der Waals surface area (Å²) in [6.07, 6.45) is -7.14. The van der Waals surface area contributed by atoms with Gasteiger partial charge in [-0.2, -0.15) is 13.2 Å². The number of carbonyl (C=O) groups is 1. The second kappa shape index (κ2) is 7.10.